The number of methoxy groups -OCH3 is 1. The number of nitriles is 1. The Kier molecular flexibility index (Phi) is 6.44. The van der Waals surface area contributed by atoms with E-state index in [0.717, 1.165) is 23.1 Å². The number of thiocyanates is 1. The quantitative estimate of drug-likeness (QED) is 0.464. The van der Waals surface area contributed by atoms with E-state index in [4.69, 9.17) is 14.7 Å². The summed E-state index contributed by atoms with van der Waals surface area (Å²) in [6, 6.07) is 6.71. The smallest absolute Gasteiger partial charge is 0.348 e. The standard InChI is InChI=1S/C17H16N2O4S2/c1-4-23-17(21)14-10(2)13(24-9-18)16(25-14)19-15(20)11-6-5-7-12(8-11)22-3/h5-8H,4H2,1-3H3,(H,19,20). The van der Waals surface area contributed by atoms with Crippen LogP contribution in [0.15, 0.2) is 29.2 Å². The van der Waals surface area contributed by atoms with E-state index < -0.39 is 5.97 Å². The third kappa shape index (κ3) is 4.32. The number of thiophene rings is 1. The summed E-state index contributed by atoms with van der Waals surface area (Å²) in [5.41, 5.74) is 1.03. The Morgan fingerprint density at radius 1 is 1.40 bits per heavy atom. The number of esters is 1. The van der Waals surface area contributed by atoms with Crippen LogP contribution < -0.4 is 10.1 Å². The van der Waals surface area contributed by atoms with Gasteiger partial charge in [0, 0.05) is 5.56 Å². The average Bonchev–Trinajstić information content (AvgIpc) is 2.92. The molecule has 8 heteroatoms. The Balaban J connectivity index is 2.34. The van der Waals surface area contributed by atoms with Crippen molar-refractivity contribution in [2.45, 2.75) is 18.7 Å². The second-order valence-electron chi connectivity index (χ2n) is 4.81. The minimum absolute atomic E-state index is 0.252. The maximum absolute atomic E-state index is 12.5. The van der Waals surface area contributed by atoms with Gasteiger partial charge in [-0.3, -0.25) is 4.79 Å². The first-order chi connectivity index (χ1) is 12.0. The van der Waals surface area contributed by atoms with Gasteiger partial charge in [-0.15, -0.1) is 11.3 Å². The first-order valence-corrected chi connectivity index (χ1v) is 8.96. The van der Waals surface area contributed by atoms with E-state index in [0.29, 0.717) is 31.7 Å². The van der Waals surface area contributed by atoms with Gasteiger partial charge in [-0.25, -0.2) is 4.79 Å². The van der Waals surface area contributed by atoms with Crippen molar-refractivity contribution in [3.63, 3.8) is 0 Å². The molecule has 1 N–H and O–H groups in total. The van der Waals surface area contributed by atoms with E-state index in [9.17, 15) is 9.59 Å². The van der Waals surface area contributed by atoms with Crippen molar-refractivity contribution in [2.24, 2.45) is 0 Å². The van der Waals surface area contributed by atoms with E-state index in [1.807, 2.05) is 5.40 Å². The zero-order valence-corrected chi connectivity index (χ0v) is 15.5. The van der Waals surface area contributed by atoms with Gasteiger partial charge in [0.15, 0.2) is 0 Å². The Labute approximate surface area is 153 Å². The minimum atomic E-state index is -0.466. The van der Waals surface area contributed by atoms with Gasteiger partial charge in [0.2, 0.25) is 0 Å². The Bertz CT molecular complexity index is 840. The van der Waals surface area contributed by atoms with Crippen molar-refractivity contribution in [2.75, 3.05) is 19.0 Å². The Morgan fingerprint density at radius 3 is 2.80 bits per heavy atom. The van der Waals surface area contributed by atoms with Crippen LogP contribution in [0.4, 0.5) is 5.00 Å². The summed E-state index contributed by atoms with van der Waals surface area (Å²) in [5.74, 6) is -0.254. The highest BCUT2D eigenvalue weighted by Crippen LogP contribution is 2.40. The lowest BCUT2D eigenvalue weighted by molar-refractivity contribution is 0.0531. The molecule has 0 aliphatic rings. The first-order valence-electron chi connectivity index (χ1n) is 7.33. The number of rotatable bonds is 6. The molecule has 6 nitrogen and oxygen atoms in total. The number of thioether (sulfide) groups is 1. The van der Waals surface area contributed by atoms with Crippen LogP contribution in [0.5, 0.6) is 5.75 Å². The maximum Gasteiger partial charge on any atom is 0.348 e. The van der Waals surface area contributed by atoms with Crippen LogP contribution >= 0.6 is 23.1 Å². The number of hydrogen-bond donors (Lipinski definition) is 1. The molecule has 0 fully saturated rings. The number of carbonyl (C=O) groups is 2. The van der Waals surface area contributed by atoms with Crippen LogP contribution in [0.2, 0.25) is 0 Å². The van der Waals surface area contributed by atoms with E-state index in [1.54, 1.807) is 38.1 Å². The van der Waals surface area contributed by atoms with Crippen LogP contribution in [-0.4, -0.2) is 25.6 Å². The van der Waals surface area contributed by atoms with E-state index in [-0.39, 0.29) is 12.5 Å². The molecular weight excluding hydrogens is 360 g/mol. The monoisotopic (exact) mass is 376 g/mol. The van der Waals surface area contributed by atoms with Gasteiger partial charge in [0.1, 0.15) is 21.0 Å². The molecule has 1 amide bonds. The summed E-state index contributed by atoms with van der Waals surface area (Å²) in [4.78, 5) is 25.5. The summed E-state index contributed by atoms with van der Waals surface area (Å²) in [6.07, 6.45) is 0. The molecule has 0 aliphatic heterocycles. The highest BCUT2D eigenvalue weighted by molar-refractivity contribution is 8.04. The number of nitrogens with zero attached hydrogens (tertiary/aromatic N) is 1. The molecule has 25 heavy (non-hydrogen) atoms. The van der Waals surface area contributed by atoms with Gasteiger partial charge < -0.3 is 14.8 Å². The molecule has 0 radical (unpaired) electrons. The topological polar surface area (TPSA) is 88.4 Å². The predicted octanol–water partition coefficient (Wildman–Crippen LogP) is 4.07. The number of anilines is 1. The van der Waals surface area contributed by atoms with E-state index >= 15 is 0 Å². The van der Waals surface area contributed by atoms with Gasteiger partial charge in [-0.1, -0.05) is 6.07 Å². The molecule has 1 aromatic heterocycles. The third-order valence-electron chi connectivity index (χ3n) is 3.26. The number of ether oxygens (including phenoxy) is 2. The predicted molar refractivity (Wildman–Crippen MR) is 97.4 cm³/mol. The first kappa shape index (κ1) is 18.8. The minimum Gasteiger partial charge on any atom is -0.497 e. The summed E-state index contributed by atoms with van der Waals surface area (Å²) in [6.45, 7) is 3.70. The molecule has 0 bridgehead atoms. The summed E-state index contributed by atoms with van der Waals surface area (Å²) < 4.78 is 10.1. The van der Waals surface area contributed by atoms with Gasteiger partial charge in [0.25, 0.3) is 5.91 Å². The highest BCUT2D eigenvalue weighted by atomic mass is 32.2. The number of amides is 1. The van der Waals surface area contributed by atoms with E-state index in [2.05, 4.69) is 5.32 Å². The number of hydrogen-bond acceptors (Lipinski definition) is 7. The summed E-state index contributed by atoms with van der Waals surface area (Å²) >= 11 is 2.00. The highest BCUT2D eigenvalue weighted by Gasteiger charge is 2.23. The number of carbonyl (C=O) groups excluding carboxylic acids is 2. The molecule has 2 rings (SSSR count). The lowest BCUT2D eigenvalue weighted by Crippen LogP contribution is -2.11. The zero-order valence-electron chi connectivity index (χ0n) is 13.9. The van der Waals surface area contributed by atoms with Gasteiger partial charge in [0.05, 0.1) is 18.6 Å². The van der Waals surface area contributed by atoms with Crippen molar-refractivity contribution >= 4 is 40.0 Å². The molecule has 0 spiro atoms. The summed E-state index contributed by atoms with van der Waals surface area (Å²) in [5, 5.41) is 14.2. The molecule has 2 aromatic rings. The van der Waals surface area contributed by atoms with Crippen LogP contribution in [-0.2, 0) is 4.74 Å². The average molecular weight is 376 g/mol. The van der Waals surface area contributed by atoms with Crippen LogP contribution in [0, 0.1) is 17.6 Å². The van der Waals surface area contributed by atoms with E-state index in [1.165, 1.54) is 7.11 Å². The molecule has 1 aromatic carbocycles. The molecular formula is C17H16N2O4S2. The van der Waals surface area contributed by atoms with Crippen molar-refractivity contribution in [3.8, 4) is 11.2 Å². The molecule has 1 heterocycles. The van der Waals surface area contributed by atoms with Gasteiger partial charge >= 0.3 is 5.97 Å². The molecule has 0 unspecified atom stereocenters. The molecule has 0 saturated carbocycles. The van der Waals surface area contributed by atoms with Crippen molar-refractivity contribution < 1.29 is 19.1 Å². The Hall–Kier alpha value is -2.50. The zero-order chi connectivity index (χ0) is 18.4. The third-order valence-corrected chi connectivity index (χ3v) is 5.38. The number of nitrogens with one attached hydrogen (secondary N) is 1. The Morgan fingerprint density at radius 2 is 2.16 bits per heavy atom. The lowest BCUT2D eigenvalue weighted by atomic mass is 10.2. The van der Waals surface area contributed by atoms with Crippen LogP contribution in [0.3, 0.4) is 0 Å². The molecule has 0 atom stereocenters. The maximum atomic E-state index is 12.5. The molecule has 0 aliphatic carbocycles. The van der Waals surface area contributed by atoms with Crippen molar-refractivity contribution in [1.82, 2.24) is 0 Å². The molecule has 0 saturated heterocycles. The normalized spacial score (nSPS) is 10.0. The van der Waals surface area contributed by atoms with Crippen molar-refractivity contribution in [1.29, 1.82) is 5.26 Å². The van der Waals surface area contributed by atoms with Crippen LogP contribution in [0.25, 0.3) is 0 Å². The second kappa shape index (κ2) is 8.55. The lowest BCUT2D eigenvalue weighted by Gasteiger charge is -2.06. The van der Waals surface area contributed by atoms with Gasteiger partial charge in [-0.2, -0.15) is 5.26 Å². The fourth-order valence-corrected chi connectivity index (χ4v) is 3.88. The fourth-order valence-electron chi connectivity index (χ4n) is 2.08. The largest absolute Gasteiger partial charge is 0.497 e. The summed E-state index contributed by atoms with van der Waals surface area (Å²) in [7, 11) is 1.52. The number of benzene rings is 1. The van der Waals surface area contributed by atoms with Crippen molar-refractivity contribution in [3.05, 3.63) is 40.3 Å². The van der Waals surface area contributed by atoms with Gasteiger partial charge in [-0.05, 0) is 49.4 Å². The SMILES string of the molecule is CCOC(=O)c1sc(NC(=O)c2cccc(OC)c2)c(SC#N)c1C. The van der Waals surface area contributed by atoms with Crippen LogP contribution in [0.1, 0.15) is 32.5 Å². The second-order valence-corrected chi connectivity index (χ2v) is 6.63. The molecule has 130 valence electrons. The fraction of sp³-hybridized carbons (Fsp3) is 0.235.